The minimum atomic E-state index is -3.66. The Balaban J connectivity index is 1.36. The zero-order chi connectivity index (χ0) is 23.4. The number of benzene rings is 2. The van der Waals surface area contributed by atoms with Crippen LogP contribution in [0.15, 0.2) is 65.7 Å². The lowest BCUT2D eigenvalue weighted by atomic mass is 9.97. The Morgan fingerprint density at radius 3 is 2.39 bits per heavy atom. The summed E-state index contributed by atoms with van der Waals surface area (Å²) in [5.74, 6) is 0.141. The van der Waals surface area contributed by atoms with Gasteiger partial charge in [0.25, 0.3) is 0 Å². The third-order valence-electron chi connectivity index (χ3n) is 5.66. The number of carbonyl (C=O) groups excluding carboxylic acids is 1. The van der Waals surface area contributed by atoms with E-state index in [1.54, 1.807) is 29.1 Å². The average Bonchev–Trinajstić information content (AvgIpc) is 3.27. The fraction of sp³-hybridized carbons (Fsp3) is 0.261. The first kappa shape index (κ1) is 23.0. The van der Waals surface area contributed by atoms with Crippen LogP contribution in [0, 0.1) is 17.2 Å². The van der Waals surface area contributed by atoms with E-state index < -0.39 is 10.0 Å². The first-order valence-electron chi connectivity index (χ1n) is 10.4. The fourth-order valence-electron chi connectivity index (χ4n) is 3.76. The van der Waals surface area contributed by atoms with Crippen molar-refractivity contribution in [2.75, 3.05) is 18.4 Å². The number of halogens is 1. The van der Waals surface area contributed by atoms with Crippen LogP contribution in [-0.2, 0) is 21.4 Å². The van der Waals surface area contributed by atoms with Gasteiger partial charge in [0, 0.05) is 30.1 Å². The first-order valence-corrected chi connectivity index (χ1v) is 12.3. The van der Waals surface area contributed by atoms with Crippen molar-refractivity contribution >= 4 is 33.3 Å². The van der Waals surface area contributed by atoms with Gasteiger partial charge in [0.2, 0.25) is 15.9 Å². The molecule has 0 atom stereocenters. The van der Waals surface area contributed by atoms with E-state index in [0.29, 0.717) is 35.8 Å². The summed E-state index contributed by atoms with van der Waals surface area (Å²) in [6.07, 6.45) is 2.47. The van der Waals surface area contributed by atoms with Gasteiger partial charge in [0.15, 0.2) is 0 Å². The second-order valence-corrected chi connectivity index (χ2v) is 10.2. The Morgan fingerprint density at radius 1 is 1.09 bits per heavy atom. The second-order valence-electron chi connectivity index (χ2n) is 7.80. The molecule has 0 radical (unpaired) electrons. The van der Waals surface area contributed by atoms with Crippen molar-refractivity contribution in [2.24, 2.45) is 5.92 Å². The van der Waals surface area contributed by atoms with Crippen LogP contribution >= 0.6 is 11.6 Å². The third-order valence-corrected chi connectivity index (χ3v) is 7.82. The molecule has 0 aliphatic carbocycles. The van der Waals surface area contributed by atoms with Crippen LogP contribution in [0.25, 0.3) is 0 Å². The zero-order valence-electron chi connectivity index (χ0n) is 17.7. The summed E-state index contributed by atoms with van der Waals surface area (Å²) in [7, 11) is -3.66. The monoisotopic (exact) mass is 483 g/mol. The molecule has 1 aromatic heterocycles. The van der Waals surface area contributed by atoms with Gasteiger partial charge < -0.3 is 5.32 Å². The number of nitriles is 1. The van der Waals surface area contributed by atoms with Crippen LogP contribution in [0.5, 0.6) is 0 Å². The summed E-state index contributed by atoms with van der Waals surface area (Å²) < 4.78 is 28.9. The van der Waals surface area contributed by atoms with Gasteiger partial charge in [-0.15, -0.1) is 0 Å². The number of piperidine rings is 1. The molecule has 0 saturated carbocycles. The lowest BCUT2D eigenvalue weighted by Gasteiger charge is -2.30. The number of nitrogens with zero attached hydrogens (tertiary/aromatic N) is 4. The molecule has 1 N–H and O–H groups in total. The molecule has 8 nitrogen and oxygen atoms in total. The maximum atomic E-state index is 12.9. The summed E-state index contributed by atoms with van der Waals surface area (Å²) in [6.45, 7) is 0.996. The second kappa shape index (κ2) is 9.75. The Hall–Kier alpha value is -3.19. The molecule has 0 spiro atoms. The van der Waals surface area contributed by atoms with Gasteiger partial charge in [0.05, 0.1) is 29.3 Å². The van der Waals surface area contributed by atoms with Crippen LogP contribution in [0.2, 0.25) is 5.02 Å². The van der Waals surface area contributed by atoms with Crippen molar-refractivity contribution in [3.8, 4) is 6.07 Å². The minimum absolute atomic E-state index is 0.149. The smallest absolute Gasteiger partial charge is 0.243 e. The number of hydrogen-bond acceptors (Lipinski definition) is 5. The van der Waals surface area contributed by atoms with E-state index in [9.17, 15) is 13.2 Å². The van der Waals surface area contributed by atoms with Crippen LogP contribution in [0.3, 0.4) is 0 Å². The Labute approximate surface area is 197 Å². The van der Waals surface area contributed by atoms with E-state index in [0.717, 1.165) is 5.56 Å². The Morgan fingerprint density at radius 2 is 1.76 bits per heavy atom. The molecule has 33 heavy (non-hydrogen) atoms. The SMILES string of the molecule is N#Cc1ccc(S(=O)(=O)N2CCC(C(=O)Nc3ccnn3Cc3ccc(Cl)cc3)CC2)cc1. The topological polar surface area (TPSA) is 108 Å². The predicted octanol–water partition coefficient (Wildman–Crippen LogP) is 3.50. The molecule has 1 fully saturated rings. The largest absolute Gasteiger partial charge is 0.311 e. The molecule has 1 aliphatic rings. The number of nitrogens with one attached hydrogen (secondary N) is 1. The van der Waals surface area contributed by atoms with Crippen molar-refractivity contribution in [3.05, 3.63) is 76.9 Å². The number of aromatic nitrogens is 2. The average molecular weight is 484 g/mol. The standard InChI is InChI=1S/C23H22ClN5O3S/c24-20-5-1-18(2-6-20)16-29-22(9-12-26-29)27-23(30)19-10-13-28(14-11-19)33(31,32)21-7-3-17(15-25)4-8-21/h1-9,12,19H,10-11,13-14,16H2,(H,27,30). The van der Waals surface area contributed by atoms with Crippen LogP contribution < -0.4 is 5.32 Å². The number of hydrogen-bond donors (Lipinski definition) is 1. The van der Waals surface area contributed by atoms with Crippen molar-refractivity contribution in [1.29, 1.82) is 5.26 Å². The number of amides is 1. The van der Waals surface area contributed by atoms with Gasteiger partial charge in [-0.3, -0.25) is 4.79 Å². The molecule has 2 aromatic carbocycles. The number of sulfonamides is 1. The summed E-state index contributed by atoms with van der Waals surface area (Å²) in [5.41, 5.74) is 1.40. The van der Waals surface area contributed by atoms with Crippen LogP contribution in [-0.4, -0.2) is 41.5 Å². The number of carbonyl (C=O) groups is 1. The van der Waals surface area contributed by atoms with Gasteiger partial charge in [-0.05, 0) is 54.8 Å². The molecule has 4 rings (SSSR count). The quantitative estimate of drug-likeness (QED) is 0.577. The van der Waals surface area contributed by atoms with Crippen LogP contribution in [0.4, 0.5) is 5.82 Å². The van der Waals surface area contributed by atoms with Crippen molar-refractivity contribution in [3.63, 3.8) is 0 Å². The molecule has 3 aromatic rings. The lowest BCUT2D eigenvalue weighted by Crippen LogP contribution is -2.41. The normalized spacial score (nSPS) is 15.2. The molecule has 0 bridgehead atoms. The van der Waals surface area contributed by atoms with E-state index in [1.165, 1.54) is 28.6 Å². The zero-order valence-corrected chi connectivity index (χ0v) is 19.3. The number of rotatable bonds is 6. The molecule has 170 valence electrons. The Kier molecular flexibility index (Phi) is 6.79. The Bertz CT molecular complexity index is 1270. The molecular formula is C23H22ClN5O3S. The minimum Gasteiger partial charge on any atom is -0.311 e. The molecular weight excluding hydrogens is 462 g/mol. The maximum absolute atomic E-state index is 12.9. The molecule has 10 heteroatoms. The van der Waals surface area contributed by atoms with Gasteiger partial charge in [0.1, 0.15) is 5.82 Å². The van der Waals surface area contributed by atoms with E-state index in [1.807, 2.05) is 18.2 Å². The van der Waals surface area contributed by atoms with Crippen molar-refractivity contribution in [1.82, 2.24) is 14.1 Å². The summed E-state index contributed by atoms with van der Waals surface area (Å²) in [4.78, 5) is 13.0. The fourth-order valence-corrected chi connectivity index (χ4v) is 5.36. The highest BCUT2D eigenvalue weighted by atomic mass is 35.5. The number of anilines is 1. The highest BCUT2D eigenvalue weighted by molar-refractivity contribution is 7.89. The van der Waals surface area contributed by atoms with E-state index in [4.69, 9.17) is 16.9 Å². The maximum Gasteiger partial charge on any atom is 0.243 e. The highest BCUT2D eigenvalue weighted by Crippen LogP contribution is 2.25. The lowest BCUT2D eigenvalue weighted by molar-refractivity contribution is -0.121. The first-order chi connectivity index (χ1) is 15.9. The predicted molar refractivity (Wildman–Crippen MR) is 124 cm³/mol. The molecule has 0 unspecified atom stereocenters. The van der Waals surface area contributed by atoms with Gasteiger partial charge in [-0.25, -0.2) is 13.1 Å². The van der Waals surface area contributed by atoms with Crippen molar-refractivity contribution in [2.45, 2.75) is 24.3 Å². The van der Waals surface area contributed by atoms with E-state index in [-0.39, 0.29) is 29.8 Å². The van der Waals surface area contributed by atoms with Crippen LogP contribution in [0.1, 0.15) is 24.0 Å². The van der Waals surface area contributed by atoms with Gasteiger partial charge in [-0.1, -0.05) is 23.7 Å². The highest BCUT2D eigenvalue weighted by Gasteiger charge is 2.32. The summed E-state index contributed by atoms with van der Waals surface area (Å²) in [5, 5.41) is 16.8. The summed E-state index contributed by atoms with van der Waals surface area (Å²) >= 11 is 5.93. The van der Waals surface area contributed by atoms with Gasteiger partial charge in [-0.2, -0.15) is 14.7 Å². The van der Waals surface area contributed by atoms with Gasteiger partial charge >= 0.3 is 0 Å². The third kappa shape index (κ3) is 5.25. The molecule has 1 amide bonds. The molecule has 1 aliphatic heterocycles. The van der Waals surface area contributed by atoms with Crippen molar-refractivity contribution < 1.29 is 13.2 Å². The molecule has 2 heterocycles. The van der Waals surface area contributed by atoms with E-state index >= 15 is 0 Å². The summed E-state index contributed by atoms with van der Waals surface area (Å²) in [6, 6.07) is 17.0. The molecule has 1 saturated heterocycles. The van der Waals surface area contributed by atoms with E-state index in [2.05, 4.69) is 10.4 Å².